The van der Waals surface area contributed by atoms with Crippen LogP contribution < -0.4 is 5.32 Å². The minimum Gasteiger partial charge on any atom is -0.296 e. The third kappa shape index (κ3) is 4.41. The fourth-order valence-corrected chi connectivity index (χ4v) is 4.74. The number of anilines is 1. The van der Waals surface area contributed by atoms with Gasteiger partial charge in [-0.2, -0.15) is 0 Å². The van der Waals surface area contributed by atoms with Crippen molar-refractivity contribution in [1.82, 2.24) is 15.2 Å². The molecule has 0 radical (unpaired) electrons. The highest BCUT2D eigenvalue weighted by atomic mass is 32.2. The van der Waals surface area contributed by atoms with Gasteiger partial charge in [0.15, 0.2) is 0 Å². The number of benzene rings is 2. The van der Waals surface area contributed by atoms with Crippen molar-refractivity contribution >= 4 is 45.5 Å². The molecule has 0 atom stereocenters. The summed E-state index contributed by atoms with van der Waals surface area (Å²) in [6.45, 7) is 0. The molecule has 0 saturated heterocycles. The molecule has 8 heteroatoms. The highest BCUT2D eigenvalue weighted by molar-refractivity contribution is 7.98. The van der Waals surface area contributed by atoms with Gasteiger partial charge in [-0.3, -0.25) is 10.1 Å². The van der Waals surface area contributed by atoms with Gasteiger partial charge >= 0.3 is 0 Å². The first-order valence-corrected chi connectivity index (χ1v) is 10.8. The normalized spacial score (nSPS) is 10.7. The molecule has 134 valence electrons. The van der Waals surface area contributed by atoms with Gasteiger partial charge in [-0.15, -0.1) is 33.3 Å². The van der Waals surface area contributed by atoms with Gasteiger partial charge in [0.05, 0.1) is 16.8 Å². The van der Waals surface area contributed by atoms with Crippen LogP contribution in [0.3, 0.4) is 0 Å². The van der Waals surface area contributed by atoms with Crippen molar-refractivity contribution in [3.05, 3.63) is 76.7 Å². The number of carbonyl (C=O) groups is 1. The van der Waals surface area contributed by atoms with E-state index >= 15 is 0 Å². The van der Waals surface area contributed by atoms with Crippen LogP contribution in [0.2, 0.25) is 0 Å². The summed E-state index contributed by atoms with van der Waals surface area (Å²) in [4.78, 5) is 17.9. The van der Waals surface area contributed by atoms with E-state index in [2.05, 4.69) is 20.5 Å². The largest absolute Gasteiger partial charge is 0.296 e. The van der Waals surface area contributed by atoms with Crippen LogP contribution in [-0.2, 0) is 5.75 Å². The third-order valence-electron chi connectivity index (χ3n) is 3.66. The predicted molar refractivity (Wildman–Crippen MR) is 111 cm³/mol. The van der Waals surface area contributed by atoms with Gasteiger partial charge in [0, 0.05) is 21.6 Å². The minimum absolute atomic E-state index is 0.188. The maximum absolute atomic E-state index is 12.7. The van der Waals surface area contributed by atoms with Gasteiger partial charge in [-0.25, -0.2) is 4.98 Å². The molecule has 0 spiro atoms. The van der Waals surface area contributed by atoms with Crippen molar-refractivity contribution in [2.75, 3.05) is 5.32 Å². The third-order valence-corrected chi connectivity index (χ3v) is 6.29. The number of thioether (sulfide) groups is 1. The van der Waals surface area contributed by atoms with Crippen LogP contribution >= 0.6 is 34.4 Å². The molecule has 0 unspecified atom stereocenters. The molecule has 27 heavy (non-hydrogen) atoms. The lowest BCUT2D eigenvalue weighted by atomic mass is 10.2. The summed E-state index contributed by atoms with van der Waals surface area (Å²) in [6.07, 6.45) is 0. The van der Waals surface area contributed by atoms with E-state index in [1.807, 2.05) is 65.5 Å². The fraction of sp³-hybridized carbons (Fsp3) is 0.0526. The molecule has 4 rings (SSSR count). The molecule has 1 N–H and O–H groups in total. The number of aromatic nitrogens is 3. The molecule has 2 heterocycles. The Hall–Kier alpha value is -2.55. The van der Waals surface area contributed by atoms with E-state index in [0.717, 1.165) is 26.9 Å². The number of hydrogen-bond donors (Lipinski definition) is 1. The second-order valence-electron chi connectivity index (χ2n) is 5.50. The lowest BCUT2D eigenvalue weighted by Gasteiger charge is -2.07. The van der Waals surface area contributed by atoms with Crippen molar-refractivity contribution in [2.24, 2.45) is 0 Å². The zero-order chi connectivity index (χ0) is 18.5. The van der Waals surface area contributed by atoms with Crippen molar-refractivity contribution in [3.63, 3.8) is 0 Å². The average Bonchev–Trinajstić information content (AvgIpc) is 3.39. The summed E-state index contributed by atoms with van der Waals surface area (Å²) >= 11 is 4.52. The second-order valence-corrected chi connectivity index (χ2v) is 8.21. The van der Waals surface area contributed by atoms with E-state index in [0.29, 0.717) is 10.7 Å². The van der Waals surface area contributed by atoms with Gasteiger partial charge in [-0.05, 0) is 12.1 Å². The maximum Gasteiger partial charge on any atom is 0.258 e. The first kappa shape index (κ1) is 17.8. The molecule has 1 amide bonds. The van der Waals surface area contributed by atoms with Gasteiger partial charge < -0.3 is 0 Å². The van der Waals surface area contributed by atoms with E-state index in [9.17, 15) is 4.79 Å². The number of nitrogens with one attached hydrogen (secondary N) is 1. The van der Waals surface area contributed by atoms with E-state index in [4.69, 9.17) is 0 Å². The summed E-state index contributed by atoms with van der Waals surface area (Å²) in [7, 11) is 0. The maximum atomic E-state index is 12.7. The molecule has 0 fully saturated rings. The first-order valence-electron chi connectivity index (χ1n) is 8.09. The Morgan fingerprint density at radius 1 is 1.04 bits per heavy atom. The highest BCUT2D eigenvalue weighted by Crippen LogP contribution is 2.29. The van der Waals surface area contributed by atoms with Crippen molar-refractivity contribution < 1.29 is 4.79 Å². The zero-order valence-corrected chi connectivity index (χ0v) is 16.5. The van der Waals surface area contributed by atoms with Crippen molar-refractivity contribution in [3.8, 4) is 10.6 Å². The molecule has 5 nitrogen and oxygen atoms in total. The Bertz CT molecular complexity index is 1030. The molecule has 0 bridgehead atoms. The standard InChI is InChI=1S/C19H14N4OS3/c24-17(21-19-23-22-18(27-19)13-6-2-1-3-7-13)15-8-4-5-9-16(15)26-11-14-10-25-12-20-14/h1-10,12H,11H2,(H,21,23,24). The lowest BCUT2D eigenvalue weighted by Crippen LogP contribution is -2.12. The fourth-order valence-electron chi connectivity index (χ4n) is 2.38. The summed E-state index contributed by atoms with van der Waals surface area (Å²) < 4.78 is 0. The smallest absolute Gasteiger partial charge is 0.258 e. The van der Waals surface area contributed by atoms with Gasteiger partial charge in [0.2, 0.25) is 5.13 Å². The van der Waals surface area contributed by atoms with E-state index in [1.165, 1.54) is 11.3 Å². The molecule has 0 aliphatic heterocycles. The predicted octanol–water partition coefficient (Wildman–Crippen LogP) is 5.21. The molecule has 0 saturated carbocycles. The first-order chi connectivity index (χ1) is 13.3. The molecular formula is C19H14N4OS3. The summed E-state index contributed by atoms with van der Waals surface area (Å²) in [6, 6.07) is 17.3. The van der Waals surface area contributed by atoms with Crippen LogP contribution in [0.15, 0.2) is 70.4 Å². The summed E-state index contributed by atoms with van der Waals surface area (Å²) in [5.74, 6) is 0.539. The number of carbonyl (C=O) groups excluding carboxylic acids is 1. The van der Waals surface area contributed by atoms with Crippen LogP contribution in [0.5, 0.6) is 0 Å². The van der Waals surface area contributed by atoms with Crippen molar-refractivity contribution in [2.45, 2.75) is 10.6 Å². The van der Waals surface area contributed by atoms with Gasteiger partial charge in [0.1, 0.15) is 5.01 Å². The van der Waals surface area contributed by atoms with Gasteiger partial charge in [0.25, 0.3) is 5.91 Å². The van der Waals surface area contributed by atoms with E-state index in [-0.39, 0.29) is 5.91 Å². The average molecular weight is 411 g/mol. The SMILES string of the molecule is O=C(Nc1nnc(-c2ccccc2)s1)c1ccccc1SCc1cscn1. The van der Waals surface area contributed by atoms with E-state index in [1.54, 1.807) is 23.1 Å². The lowest BCUT2D eigenvalue weighted by molar-refractivity contribution is 0.102. The Morgan fingerprint density at radius 3 is 2.67 bits per heavy atom. The van der Waals surface area contributed by atoms with Crippen LogP contribution in [0.25, 0.3) is 10.6 Å². The Balaban J connectivity index is 1.48. The number of nitrogens with zero attached hydrogens (tertiary/aromatic N) is 3. The quantitative estimate of drug-likeness (QED) is 0.442. The molecule has 0 aliphatic carbocycles. The van der Waals surface area contributed by atoms with Crippen LogP contribution in [0, 0.1) is 0 Å². The van der Waals surface area contributed by atoms with E-state index < -0.39 is 0 Å². The Labute approximate surface area is 168 Å². The van der Waals surface area contributed by atoms with Gasteiger partial charge in [-0.1, -0.05) is 53.8 Å². The van der Waals surface area contributed by atoms with Crippen LogP contribution in [0.4, 0.5) is 5.13 Å². The Morgan fingerprint density at radius 2 is 1.85 bits per heavy atom. The number of hydrogen-bond acceptors (Lipinski definition) is 7. The molecule has 2 aromatic carbocycles. The zero-order valence-electron chi connectivity index (χ0n) is 14.0. The molecule has 2 aromatic heterocycles. The topological polar surface area (TPSA) is 67.8 Å². The Kier molecular flexibility index (Phi) is 5.57. The summed E-state index contributed by atoms with van der Waals surface area (Å²) in [5.41, 5.74) is 4.43. The highest BCUT2D eigenvalue weighted by Gasteiger charge is 2.15. The molecule has 0 aliphatic rings. The minimum atomic E-state index is -0.188. The second kappa shape index (κ2) is 8.43. The number of amides is 1. The monoisotopic (exact) mass is 410 g/mol. The van der Waals surface area contributed by atoms with Crippen LogP contribution in [0.1, 0.15) is 16.1 Å². The van der Waals surface area contributed by atoms with Crippen molar-refractivity contribution in [1.29, 1.82) is 0 Å². The van der Waals surface area contributed by atoms with Crippen LogP contribution in [-0.4, -0.2) is 21.1 Å². The molecule has 4 aromatic rings. The molecular weight excluding hydrogens is 396 g/mol. The summed E-state index contributed by atoms with van der Waals surface area (Å²) in [5, 5.41) is 14.4. The number of rotatable bonds is 6. The number of thiazole rings is 1.